The van der Waals surface area contributed by atoms with Gasteiger partial charge in [-0.05, 0) is 12.1 Å². The van der Waals surface area contributed by atoms with Crippen molar-refractivity contribution in [1.82, 2.24) is 0 Å². The molecular weight excluding hydrogens is 244 g/mol. The first-order valence-corrected chi connectivity index (χ1v) is 4.81. The van der Waals surface area contributed by atoms with E-state index in [0.717, 1.165) is 6.92 Å². The van der Waals surface area contributed by atoms with Crippen LogP contribution >= 0.6 is 0 Å². The zero-order chi connectivity index (χ0) is 13.7. The molecule has 7 heteroatoms. The second kappa shape index (κ2) is 5.67. The SMILES string of the molecule is CC(=O)Oc1cccc(C(=O)O)c1OCC(=O)O. The van der Waals surface area contributed by atoms with Crippen molar-refractivity contribution in [3.63, 3.8) is 0 Å². The molecule has 18 heavy (non-hydrogen) atoms. The van der Waals surface area contributed by atoms with Crippen LogP contribution < -0.4 is 9.47 Å². The lowest BCUT2D eigenvalue weighted by atomic mass is 10.2. The van der Waals surface area contributed by atoms with Crippen LogP contribution in [0.2, 0.25) is 0 Å². The third-order valence-corrected chi connectivity index (χ3v) is 1.80. The molecule has 0 aliphatic heterocycles. The Kier molecular flexibility index (Phi) is 4.25. The molecule has 0 heterocycles. The van der Waals surface area contributed by atoms with Gasteiger partial charge in [0.15, 0.2) is 18.1 Å². The molecule has 0 amide bonds. The molecular formula is C11H10O7. The first-order valence-electron chi connectivity index (χ1n) is 4.81. The van der Waals surface area contributed by atoms with Gasteiger partial charge < -0.3 is 19.7 Å². The van der Waals surface area contributed by atoms with Gasteiger partial charge in [0.05, 0.1) is 0 Å². The van der Waals surface area contributed by atoms with Crippen LogP contribution in [0.5, 0.6) is 11.5 Å². The van der Waals surface area contributed by atoms with Gasteiger partial charge in [-0.1, -0.05) is 6.07 Å². The van der Waals surface area contributed by atoms with Gasteiger partial charge in [0.1, 0.15) is 5.56 Å². The predicted molar refractivity (Wildman–Crippen MR) is 57.8 cm³/mol. The number of hydrogen-bond donors (Lipinski definition) is 2. The molecule has 0 atom stereocenters. The summed E-state index contributed by atoms with van der Waals surface area (Å²) >= 11 is 0. The van der Waals surface area contributed by atoms with Crippen molar-refractivity contribution >= 4 is 17.9 Å². The highest BCUT2D eigenvalue weighted by molar-refractivity contribution is 5.92. The van der Waals surface area contributed by atoms with Crippen molar-refractivity contribution in [2.75, 3.05) is 6.61 Å². The molecule has 1 aromatic carbocycles. The van der Waals surface area contributed by atoms with Crippen LogP contribution in [0.3, 0.4) is 0 Å². The van der Waals surface area contributed by atoms with E-state index >= 15 is 0 Å². The lowest BCUT2D eigenvalue weighted by molar-refractivity contribution is -0.139. The van der Waals surface area contributed by atoms with Crippen molar-refractivity contribution in [1.29, 1.82) is 0 Å². The molecule has 0 aromatic heterocycles. The molecule has 0 aliphatic rings. The van der Waals surface area contributed by atoms with E-state index in [0.29, 0.717) is 0 Å². The maximum absolute atomic E-state index is 10.9. The predicted octanol–water partition coefficient (Wildman–Crippen LogP) is 0.773. The molecule has 1 rings (SSSR count). The van der Waals surface area contributed by atoms with Gasteiger partial charge in [0.25, 0.3) is 0 Å². The topological polar surface area (TPSA) is 110 Å². The summed E-state index contributed by atoms with van der Waals surface area (Å²) < 4.78 is 9.58. The smallest absolute Gasteiger partial charge is 0.341 e. The van der Waals surface area contributed by atoms with Crippen molar-refractivity contribution in [3.05, 3.63) is 23.8 Å². The molecule has 96 valence electrons. The number of benzene rings is 1. The van der Waals surface area contributed by atoms with E-state index < -0.39 is 24.5 Å². The number of carbonyl (C=O) groups is 3. The van der Waals surface area contributed by atoms with E-state index in [-0.39, 0.29) is 17.1 Å². The Morgan fingerprint density at radius 3 is 2.39 bits per heavy atom. The Labute approximate surface area is 102 Å². The number of para-hydroxylation sites is 1. The minimum absolute atomic E-state index is 0.136. The Bertz CT molecular complexity index is 492. The molecule has 7 nitrogen and oxygen atoms in total. The highest BCUT2D eigenvalue weighted by Gasteiger charge is 2.18. The average molecular weight is 254 g/mol. The van der Waals surface area contributed by atoms with Crippen LogP contribution in [0.25, 0.3) is 0 Å². The number of carboxylic acids is 2. The van der Waals surface area contributed by atoms with Gasteiger partial charge in [-0.15, -0.1) is 0 Å². The van der Waals surface area contributed by atoms with Gasteiger partial charge >= 0.3 is 17.9 Å². The third kappa shape index (κ3) is 3.48. The summed E-state index contributed by atoms with van der Waals surface area (Å²) in [7, 11) is 0. The Morgan fingerprint density at radius 2 is 1.89 bits per heavy atom. The lowest BCUT2D eigenvalue weighted by Gasteiger charge is -2.11. The zero-order valence-electron chi connectivity index (χ0n) is 9.37. The largest absolute Gasteiger partial charge is 0.479 e. The minimum atomic E-state index is -1.32. The zero-order valence-corrected chi connectivity index (χ0v) is 9.37. The molecule has 0 radical (unpaired) electrons. The van der Waals surface area contributed by atoms with Gasteiger partial charge in [0.2, 0.25) is 0 Å². The van der Waals surface area contributed by atoms with Crippen LogP contribution in [-0.2, 0) is 9.59 Å². The maximum atomic E-state index is 10.9. The highest BCUT2D eigenvalue weighted by Crippen LogP contribution is 2.31. The van der Waals surface area contributed by atoms with Crippen LogP contribution in [0.15, 0.2) is 18.2 Å². The first-order chi connectivity index (χ1) is 8.41. The van der Waals surface area contributed by atoms with Crippen LogP contribution in [0.4, 0.5) is 0 Å². The summed E-state index contributed by atoms with van der Waals surface area (Å²) in [5.74, 6) is -3.68. The standard InChI is InChI=1S/C11H10O7/c1-6(12)18-8-4-2-3-7(11(15)16)10(8)17-5-9(13)14/h2-4H,5H2,1H3,(H,13,14)(H,15,16). The number of carboxylic acid groups (broad SMARTS) is 2. The summed E-state index contributed by atoms with van der Waals surface area (Å²) in [4.78, 5) is 32.2. The normalized spacial score (nSPS) is 9.61. The van der Waals surface area contributed by atoms with Crippen molar-refractivity contribution in [2.24, 2.45) is 0 Å². The Balaban J connectivity index is 3.15. The summed E-state index contributed by atoms with van der Waals surface area (Å²) in [5.41, 5.74) is -0.282. The van der Waals surface area contributed by atoms with E-state index in [2.05, 4.69) is 0 Å². The second-order valence-corrected chi connectivity index (χ2v) is 3.21. The van der Waals surface area contributed by atoms with E-state index in [9.17, 15) is 14.4 Å². The summed E-state index contributed by atoms with van der Waals surface area (Å²) in [6.07, 6.45) is 0. The number of rotatable bonds is 5. The summed E-state index contributed by atoms with van der Waals surface area (Å²) in [6, 6.07) is 3.88. The maximum Gasteiger partial charge on any atom is 0.341 e. The first kappa shape index (κ1) is 13.5. The van der Waals surface area contributed by atoms with Gasteiger partial charge in [-0.3, -0.25) is 4.79 Å². The fourth-order valence-corrected chi connectivity index (χ4v) is 1.20. The monoisotopic (exact) mass is 254 g/mol. The molecule has 0 bridgehead atoms. The lowest BCUT2D eigenvalue weighted by Crippen LogP contribution is -2.14. The number of carbonyl (C=O) groups excluding carboxylic acids is 1. The molecule has 0 saturated heterocycles. The summed E-state index contributed by atoms with van der Waals surface area (Å²) in [5, 5.41) is 17.4. The highest BCUT2D eigenvalue weighted by atomic mass is 16.6. The summed E-state index contributed by atoms with van der Waals surface area (Å²) in [6.45, 7) is 0.396. The number of aliphatic carboxylic acids is 1. The fourth-order valence-electron chi connectivity index (χ4n) is 1.20. The second-order valence-electron chi connectivity index (χ2n) is 3.21. The molecule has 0 fully saturated rings. The van der Waals surface area contributed by atoms with Crippen LogP contribution in [0, 0.1) is 0 Å². The Hall–Kier alpha value is -2.57. The Morgan fingerprint density at radius 1 is 1.22 bits per heavy atom. The number of aromatic carboxylic acids is 1. The quantitative estimate of drug-likeness (QED) is 0.589. The average Bonchev–Trinajstić information content (AvgIpc) is 2.25. The van der Waals surface area contributed by atoms with E-state index in [1.165, 1.54) is 18.2 Å². The van der Waals surface area contributed by atoms with Crippen molar-refractivity contribution < 1.29 is 34.1 Å². The van der Waals surface area contributed by atoms with Crippen molar-refractivity contribution in [3.8, 4) is 11.5 Å². The van der Waals surface area contributed by atoms with Crippen LogP contribution in [0.1, 0.15) is 17.3 Å². The number of esters is 1. The molecule has 0 aliphatic carbocycles. The molecule has 0 unspecified atom stereocenters. The van der Waals surface area contributed by atoms with Gasteiger partial charge in [0, 0.05) is 6.92 Å². The number of hydrogen-bond acceptors (Lipinski definition) is 5. The minimum Gasteiger partial charge on any atom is -0.479 e. The van der Waals surface area contributed by atoms with Gasteiger partial charge in [-0.25, -0.2) is 9.59 Å². The van der Waals surface area contributed by atoms with Crippen molar-refractivity contribution in [2.45, 2.75) is 6.92 Å². The molecule has 2 N–H and O–H groups in total. The number of ether oxygens (including phenoxy) is 2. The van der Waals surface area contributed by atoms with E-state index in [4.69, 9.17) is 19.7 Å². The third-order valence-electron chi connectivity index (χ3n) is 1.80. The molecule has 0 spiro atoms. The van der Waals surface area contributed by atoms with Crippen LogP contribution in [-0.4, -0.2) is 34.7 Å². The molecule has 0 saturated carbocycles. The molecule has 1 aromatic rings. The van der Waals surface area contributed by atoms with Gasteiger partial charge in [-0.2, -0.15) is 0 Å². The fraction of sp³-hybridized carbons (Fsp3) is 0.182. The van der Waals surface area contributed by atoms with E-state index in [1.54, 1.807) is 0 Å². The van der Waals surface area contributed by atoms with E-state index in [1.807, 2.05) is 0 Å².